The fourth-order valence-electron chi connectivity index (χ4n) is 1.04. The van der Waals surface area contributed by atoms with Gasteiger partial charge in [-0.15, -0.1) is 0 Å². The van der Waals surface area contributed by atoms with Gasteiger partial charge in [-0.2, -0.15) is 0 Å². The molecule has 0 radical (unpaired) electrons. The number of rotatable bonds is 6. The molecule has 0 N–H and O–H groups in total. The number of ether oxygens (including phenoxy) is 4. The van der Waals surface area contributed by atoms with E-state index in [4.69, 9.17) is 0 Å². The Kier molecular flexibility index (Phi) is 6.98. The molecular formula is C12H16O8. The molecule has 0 aliphatic rings. The van der Waals surface area contributed by atoms with E-state index in [-0.39, 0.29) is 0 Å². The van der Waals surface area contributed by atoms with Crippen molar-refractivity contribution in [3.8, 4) is 0 Å². The van der Waals surface area contributed by atoms with Gasteiger partial charge in [0.15, 0.2) is 0 Å². The molecule has 2 atom stereocenters. The minimum absolute atomic E-state index is 0.622. The molecule has 20 heavy (non-hydrogen) atoms. The first-order valence-corrected chi connectivity index (χ1v) is 5.58. The Hall–Kier alpha value is -2.38. The highest BCUT2D eigenvalue weighted by molar-refractivity contribution is 6.13. The van der Waals surface area contributed by atoms with Crippen LogP contribution in [0.15, 0.2) is 12.2 Å². The SMILES string of the molecule is C=C(C(=O)OC(C)OC(C)=O)C(=O)OC(C)OC(C)=O. The molecule has 0 saturated heterocycles. The van der Waals surface area contributed by atoms with Crippen molar-refractivity contribution in [1.29, 1.82) is 0 Å². The molecule has 0 bridgehead atoms. The van der Waals surface area contributed by atoms with Crippen LogP contribution < -0.4 is 0 Å². The number of carbonyl (C=O) groups is 4. The van der Waals surface area contributed by atoms with Gasteiger partial charge in [0.05, 0.1) is 0 Å². The van der Waals surface area contributed by atoms with E-state index in [1.807, 2.05) is 0 Å². The van der Waals surface area contributed by atoms with Crippen molar-refractivity contribution in [3.63, 3.8) is 0 Å². The zero-order chi connectivity index (χ0) is 15.9. The highest BCUT2D eigenvalue weighted by Gasteiger charge is 2.24. The second-order valence-electron chi connectivity index (χ2n) is 3.64. The van der Waals surface area contributed by atoms with Crippen LogP contribution in [-0.4, -0.2) is 36.5 Å². The second kappa shape index (κ2) is 7.93. The normalized spacial score (nSPS) is 12.6. The smallest absolute Gasteiger partial charge is 0.348 e. The number of esters is 4. The first kappa shape index (κ1) is 17.6. The summed E-state index contributed by atoms with van der Waals surface area (Å²) < 4.78 is 18.3. The molecule has 8 heteroatoms. The molecule has 0 fully saturated rings. The van der Waals surface area contributed by atoms with Gasteiger partial charge in [0, 0.05) is 27.7 Å². The van der Waals surface area contributed by atoms with Crippen LogP contribution in [0.25, 0.3) is 0 Å². The number of hydrogen-bond donors (Lipinski definition) is 0. The van der Waals surface area contributed by atoms with Crippen LogP contribution >= 0.6 is 0 Å². The van der Waals surface area contributed by atoms with Crippen molar-refractivity contribution < 1.29 is 38.1 Å². The lowest BCUT2D eigenvalue weighted by Gasteiger charge is -2.15. The van der Waals surface area contributed by atoms with Crippen molar-refractivity contribution in [2.24, 2.45) is 0 Å². The van der Waals surface area contributed by atoms with Crippen LogP contribution in [0.2, 0.25) is 0 Å². The fraction of sp³-hybridized carbons (Fsp3) is 0.500. The Labute approximate surface area is 115 Å². The van der Waals surface area contributed by atoms with Gasteiger partial charge in [0.1, 0.15) is 5.57 Å². The average Bonchev–Trinajstić information content (AvgIpc) is 2.24. The topological polar surface area (TPSA) is 105 Å². The average molecular weight is 288 g/mol. The lowest BCUT2D eigenvalue weighted by molar-refractivity contribution is -0.183. The van der Waals surface area contributed by atoms with E-state index in [1.165, 1.54) is 13.8 Å². The van der Waals surface area contributed by atoms with E-state index in [9.17, 15) is 19.2 Å². The largest absolute Gasteiger partial charge is 0.426 e. The molecule has 0 aromatic carbocycles. The summed E-state index contributed by atoms with van der Waals surface area (Å²) in [4.78, 5) is 44.1. The highest BCUT2D eigenvalue weighted by Crippen LogP contribution is 2.06. The molecule has 0 aromatic rings. The molecule has 0 aliphatic heterocycles. The van der Waals surface area contributed by atoms with Crippen LogP contribution in [0.1, 0.15) is 27.7 Å². The van der Waals surface area contributed by atoms with Gasteiger partial charge in [0.25, 0.3) is 0 Å². The van der Waals surface area contributed by atoms with Gasteiger partial charge >= 0.3 is 23.9 Å². The Balaban J connectivity index is 4.36. The highest BCUT2D eigenvalue weighted by atomic mass is 16.7. The van der Waals surface area contributed by atoms with Gasteiger partial charge in [-0.1, -0.05) is 6.58 Å². The molecule has 0 aliphatic carbocycles. The summed E-state index contributed by atoms with van der Waals surface area (Å²) in [7, 11) is 0. The first-order chi connectivity index (χ1) is 9.13. The molecule has 2 unspecified atom stereocenters. The Morgan fingerprint density at radius 2 is 1.05 bits per heavy atom. The molecule has 8 nitrogen and oxygen atoms in total. The van der Waals surface area contributed by atoms with E-state index in [0.29, 0.717) is 0 Å². The van der Waals surface area contributed by atoms with Crippen molar-refractivity contribution in [1.82, 2.24) is 0 Å². The van der Waals surface area contributed by atoms with E-state index in [0.717, 1.165) is 13.8 Å². The van der Waals surface area contributed by atoms with Crippen molar-refractivity contribution in [3.05, 3.63) is 12.2 Å². The van der Waals surface area contributed by atoms with Gasteiger partial charge in [-0.05, 0) is 0 Å². The monoisotopic (exact) mass is 288 g/mol. The van der Waals surface area contributed by atoms with Crippen LogP contribution in [-0.2, 0) is 38.1 Å². The van der Waals surface area contributed by atoms with E-state index in [2.05, 4.69) is 25.5 Å². The fourth-order valence-corrected chi connectivity index (χ4v) is 1.04. The quantitative estimate of drug-likeness (QED) is 0.228. The minimum Gasteiger partial charge on any atom is -0.426 e. The molecule has 0 spiro atoms. The van der Waals surface area contributed by atoms with Gasteiger partial charge in [-0.3, -0.25) is 9.59 Å². The van der Waals surface area contributed by atoms with E-state index in [1.54, 1.807) is 0 Å². The van der Waals surface area contributed by atoms with Gasteiger partial charge < -0.3 is 18.9 Å². The third kappa shape index (κ3) is 7.14. The molecule has 0 heterocycles. The second-order valence-corrected chi connectivity index (χ2v) is 3.64. The van der Waals surface area contributed by atoms with Crippen LogP contribution in [0.4, 0.5) is 0 Å². The third-order valence-electron chi connectivity index (χ3n) is 1.70. The number of carbonyl (C=O) groups excluding carboxylic acids is 4. The van der Waals surface area contributed by atoms with Gasteiger partial charge in [-0.25, -0.2) is 9.59 Å². The predicted molar refractivity (Wildman–Crippen MR) is 63.8 cm³/mol. The van der Waals surface area contributed by atoms with Crippen LogP contribution in [0, 0.1) is 0 Å². The van der Waals surface area contributed by atoms with Crippen molar-refractivity contribution >= 4 is 23.9 Å². The summed E-state index contributed by atoms with van der Waals surface area (Å²) in [5.41, 5.74) is -0.622. The standard InChI is InChI=1S/C12H16O8/c1-6(11(15)19-9(4)17-7(2)13)12(16)20-10(5)18-8(3)14/h9-10H,1H2,2-5H3. The lowest BCUT2D eigenvalue weighted by Crippen LogP contribution is -2.27. The molecule has 0 aromatic heterocycles. The Morgan fingerprint density at radius 1 is 0.750 bits per heavy atom. The van der Waals surface area contributed by atoms with Gasteiger partial charge in [0.2, 0.25) is 12.6 Å². The van der Waals surface area contributed by atoms with Crippen LogP contribution in [0.3, 0.4) is 0 Å². The maximum atomic E-state index is 11.5. The Morgan fingerprint density at radius 3 is 1.30 bits per heavy atom. The third-order valence-corrected chi connectivity index (χ3v) is 1.70. The zero-order valence-electron chi connectivity index (χ0n) is 11.6. The van der Waals surface area contributed by atoms with E-state index < -0.39 is 42.0 Å². The summed E-state index contributed by atoms with van der Waals surface area (Å²) in [6, 6.07) is 0. The Bertz CT molecular complexity index is 387. The number of hydrogen-bond acceptors (Lipinski definition) is 8. The molecule has 0 saturated carbocycles. The minimum atomic E-state index is -1.17. The van der Waals surface area contributed by atoms with Crippen molar-refractivity contribution in [2.75, 3.05) is 0 Å². The summed E-state index contributed by atoms with van der Waals surface area (Å²) in [6.07, 6.45) is -2.34. The van der Waals surface area contributed by atoms with Crippen LogP contribution in [0.5, 0.6) is 0 Å². The summed E-state index contributed by atoms with van der Waals surface area (Å²) in [6.45, 7) is 8.04. The molecule has 0 amide bonds. The summed E-state index contributed by atoms with van der Waals surface area (Å²) in [5.74, 6) is -3.53. The summed E-state index contributed by atoms with van der Waals surface area (Å²) >= 11 is 0. The maximum Gasteiger partial charge on any atom is 0.348 e. The molecule has 112 valence electrons. The lowest BCUT2D eigenvalue weighted by atomic mass is 10.3. The predicted octanol–water partition coefficient (Wildman–Crippen LogP) is 0.447. The van der Waals surface area contributed by atoms with Crippen molar-refractivity contribution in [2.45, 2.75) is 40.3 Å². The summed E-state index contributed by atoms with van der Waals surface area (Å²) in [5, 5.41) is 0. The van der Waals surface area contributed by atoms with E-state index >= 15 is 0 Å². The zero-order valence-corrected chi connectivity index (χ0v) is 11.6. The maximum absolute atomic E-state index is 11.5. The first-order valence-electron chi connectivity index (χ1n) is 5.58. The molecule has 0 rings (SSSR count). The molecular weight excluding hydrogens is 272 g/mol.